The van der Waals surface area contributed by atoms with E-state index in [0.717, 1.165) is 35.0 Å². The van der Waals surface area contributed by atoms with Crippen LogP contribution in [0.2, 0.25) is 0 Å². The van der Waals surface area contributed by atoms with E-state index in [1.54, 1.807) is 0 Å². The van der Waals surface area contributed by atoms with Gasteiger partial charge >= 0.3 is 0 Å². The van der Waals surface area contributed by atoms with Crippen LogP contribution in [0.25, 0.3) is 33.4 Å². The van der Waals surface area contributed by atoms with Crippen LogP contribution in [-0.4, -0.2) is 0 Å². The molecule has 2 unspecified atom stereocenters. The van der Waals surface area contributed by atoms with Crippen LogP contribution in [-0.2, 0) is 10.8 Å². The summed E-state index contributed by atoms with van der Waals surface area (Å²) < 4.78 is 6.53. The normalized spacial score (nSPS) is 15.6. The molecule has 0 radical (unpaired) electrons. The second kappa shape index (κ2) is 16.8. The molecule has 2 nitrogen and oxygen atoms in total. The number of hydrogen-bond donors (Lipinski definition) is 0. The maximum Gasteiger partial charge on any atom is 0.127 e. The lowest BCUT2D eigenvalue weighted by molar-refractivity contribution is 0.481. The van der Waals surface area contributed by atoms with Gasteiger partial charge in [-0.15, -0.1) is 0 Å². The monoisotopic (exact) mass is 867 g/mol. The maximum atomic E-state index is 6.53. The molecule has 0 spiro atoms. The summed E-state index contributed by atoms with van der Waals surface area (Å²) >= 11 is 0. The molecule has 0 N–H and O–H groups in total. The van der Waals surface area contributed by atoms with Gasteiger partial charge in [0, 0.05) is 22.5 Å². The molecule has 67 heavy (non-hydrogen) atoms. The van der Waals surface area contributed by atoms with Crippen molar-refractivity contribution in [3.8, 4) is 44.9 Å². The topological polar surface area (TPSA) is 12.5 Å². The minimum atomic E-state index is -0.613. The lowest BCUT2D eigenvalue weighted by Gasteiger charge is -2.35. The molecule has 0 aliphatic heterocycles. The Bertz CT molecular complexity index is 3230. The van der Waals surface area contributed by atoms with Gasteiger partial charge in [0.05, 0.1) is 5.41 Å². The van der Waals surface area contributed by atoms with Gasteiger partial charge in [-0.1, -0.05) is 193 Å². The first kappa shape index (κ1) is 42.2. The largest absolute Gasteiger partial charge is 0.457 e. The molecule has 0 saturated heterocycles. The number of hydrogen-bond acceptors (Lipinski definition) is 2. The number of rotatable bonds is 11. The van der Waals surface area contributed by atoms with Crippen molar-refractivity contribution < 1.29 is 4.74 Å². The highest BCUT2D eigenvalue weighted by Crippen LogP contribution is 2.58. The molecule has 0 bridgehead atoms. The first-order chi connectivity index (χ1) is 32.6. The molecule has 0 fully saturated rings. The van der Waals surface area contributed by atoms with Crippen LogP contribution in [0.5, 0.6) is 11.5 Å². The second-order valence-electron chi connectivity index (χ2n) is 19.5. The Balaban J connectivity index is 1.09. The Labute approximate surface area is 397 Å². The van der Waals surface area contributed by atoms with E-state index in [-0.39, 0.29) is 5.41 Å². The highest BCUT2D eigenvalue weighted by atomic mass is 16.5. The van der Waals surface area contributed by atoms with Crippen molar-refractivity contribution in [1.82, 2.24) is 0 Å². The molecule has 9 aromatic carbocycles. The molecule has 2 heteroatoms. The summed E-state index contributed by atoms with van der Waals surface area (Å²) in [4.78, 5) is 2.47. The van der Waals surface area contributed by atoms with Gasteiger partial charge in [0.1, 0.15) is 11.5 Å². The summed E-state index contributed by atoms with van der Waals surface area (Å²) in [6.07, 6.45) is 1.11. The highest BCUT2D eigenvalue weighted by Gasteiger charge is 2.46. The average Bonchev–Trinajstić information content (AvgIpc) is 3.79. The van der Waals surface area contributed by atoms with Crippen LogP contribution in [0.4, 0.5) is 17.1 Å². The Hall–Kier alpha value is -7.42. The molecular weight excluding hydrogens is 811 g/mol. The number of nitrogens with zero attached hydrogens (tertiary/aromatic N) is 1. The van der Waals surface area contributed by atoms with Crippen LogP contribution in [0.3, 0.4) is 0 Å². The van der Waals surface area contributed by atoms with Crippen LogP contribution >= 0.6 is 0 Å². The van der Waals surface area contributed by atoms with Crippen LogP contribution < -0.4 is 9.64 Å². The zero-order valence-electron chi connectivity index (χ0n) is 39.4. The van der Waals surface area contributed by atoms with Crippen molar-refractivity contribution in [3.05, 3.63) is 257 Å². The average molecular weight is 868 g/mol. The zero-order chi connectivity index (χ0) is 45.9. The molecule has 2 atom stereocenters. The molecule has 0 saturated carbocycles. The lowest BCUT2D eigenvalue weighted by atomic mass is 9.67. The summed E-state index contributed by atoms with van der Waals surface area (Å²) in [6, 6.07) is 78.8. The Morgan fingerprint density at radius 2 is 0.881 bits per heavy atom. The third-order valence-corrected chi connectivity index (χ3v) is 14.9. The standard InChI is InChI=1S/C65H57NO/c1-7-44(4)46-25-35-54(36-26-46)67-55-37-29-50(30-38-55)65(49-27-21-45(22-28-49)43(2)3)61-20-14-12-18-57(61)59-40-34-53(42-63(59)65)66(51-31-23-48(24-32-51)47-15-9-8-10-16-47)52-33-39-58-56-17-11-13-19-60(56)64(5,6)62(58)41-52/h8-44H,7H2,1-6H3. The molecule has 2 aliphatic carbocycles. The van der Waals surface area contributed by atoms with Gasteiger partial charge in [0.2, 0.25) is 0 Å². The van der Waals surface area contributed by atoms with Gasteiger partial charge in [-0.05, 0) is 157 Å². The summed E-state index contributed by atoms with van der Waals surface area (Å²) in [5.74, 6) is 2.60. The number of benzene rings is 9. The fraction of sp³-hybridized carbons (Fsp3) is 0.169. The smallest absolute Gasteiger partial charge is 0.127 e. The molecule has 0 amide bonds. The number of fused-ring (bicyclic) bond motifs is 6. The third-order valence-electron chi connectivity index (χ3n) is 14.9. The minimum absolute atomic E-state index is 0.144. The summed E-state index contributed by atoms with van der Waals surface area (Å²) in [5, 5.41) is 0. The maximum absolute atomic E-state index is 6.53. The summed E-state index contributed by atoms with van der Waals surface area (Å²) in [5.41, 5.74) is 20.5. The predicted molar refractivity (Wildman–Crippen MR) is 281 cm³/mol. The van der Waals surface area contributed by atoms with Gasteiger partial charge in [0.15, 0.2) is 0 Å². The van der Waals surface area contributed by atoms with E-state index < -0.39 is 5.41 Å². The van der Waals surface area contributed by atoms with E-state index in [2.05, 4.69) is 259 Å². The third kappa shape index (κ3) is 7.09. The number of anilines is 3. The van der Waals surface area contributed by atoms with Gasteiger partial charge in [-0.3, -0.25) is 0 Å². The Kier molecular flexibility index (Phi) is 10.6. The quantitative estimate of drug-likeness (QED) is 0.128. The minimum Gasteiger partial charge on any atom is -0.457 e. The van der Waals surface area contributed by atoms with Gasteiger partial charge in [-0.25, -0.2) is 0 Å². The molecule has 328 valence electrons. The molecular formula is C65H57NO. The van der Waals surface area contributed by atoms with Crippen LogP contribution in [0.1, 0.15) is 104 Å². The van der Waals surface area contributed by atoms with E-state index in [4.69, 9.17) is 4.74 Å². The van der Waals surface area contributed by atoms with Crippen LogP contribution in [0.15, 0.2) is 212 Å². The fourth-order valence-electron chi connectivity index (χ4n) is 11.0. The van der Waals surface area contributed by atoms with Gasteiger partial charge in [0.25, 0.3) is 0 Å². The lowest BCUT2D eigenvalue weighted by Crippen LogP contribution is -2.29. The van der Waals surface area contributed by atoms with Crippen LogP contribution in [0, 0.1) is 0 Å². The molecule has 0 aromatic heterocycles. The Morgan fingerprint density at radius 1 is 0.418 bits per heavy atom. The van der Waals surface area contributed by atoms with Crippen molar-refractivity contribution in [2.24, 2.45) is 0 Å². The molecule has 2 aliphatic rings. The molecule has 11 rings (SSSR count). The SMILES string of the molecule is CCC(C)c1ccc(Oc2ccc(C3(c4ccc(C(C)C)cc4)c4ccccc4-c4ccc(N(c5ccc(-c6ccccc6)cc5)c5ccc6c(c5)C(C)(C)c5ccccc5-6)cc43)cc2)cc1. The van der Waals surface area contributed by atoms with Crippen molar-refractivity contribution in [1.29, 1.82) is 0 Å². The highest BCUT2D eigenvalue weighted by molar-refractivity contribution is 5.91. The molecule has 0 heterocycles. The molecule has 9 aromatic rings. The van der Waals surface area contributed by atoms with Crippen molar-refractivity contribution in [3.63, 3.8) is 0 Å². The van der Waals surface area contributed by atoms with Gasteiger partial charge < -0.3 is 9.64 Å². The van der Waals surface area contributed by atoms with Crippen molar-refractivity contribution >= 4 is 17.1 Å². The van der Waals surface area contributed by atoms with Gasteiger partial charge in [-0.2, -0.15) is 0 Å². The second-order valence-corrected chi connectivity index (χ2v) is 19.5. The van der Waals surface area contributed by atoms with E-state index >= 15 is 0 Å². The Morgan fingerprint density at radius 3 is 1.49 bits per heavy atom. The van der Waals surface area contributed by atoms with Crippen molar-refractivity contribution in [2.75, 3.05) is 4.90 Å². The van der Waals surface area contributed by atoms with E-state index in [1.807, 2.05) is 0 Å². The zero-order valence-corrected chi connectivity index (χ0v) is 39.4. The summed E-state index contributed by atoms with van der Waals surface area (Å²) in [7, 11) is 0. The van der Waals surface area contributed by atoms with E-state index in [0.29, 0.717) is 11.8 Å². The first-order valence-electron chi connectivity index (χ1n) is 24.1. The fourth-order valence-corrected chi connectivity index (χ4v) is 11.0. The first-order valence-corrected chi connectivity index (χ1v) is 24.1. The predicted octanol–water partition coefficient (Wildman–Crippen LogP) is 17.9. The summed E-state index contributed by atoms with van der Waals surface area (Å²) in [6.45, 7) is 13.8. The van der Waals surface area contributed by atoms with E-state index in [9.17, 15) is 0 Å². The van der Waals surface area contributed by atoms with Crippen molar-refractivity contribution in [2.45, 2.75) is 70.6 Å². The number of ether oxygens (including phenoxy) is 1. The van der Waals surface area contributed by atoms with E-state index in [1.165, 1.54) is 77.9 Å².